The monoisotopic (exact) mass is 221 g/mol. The first kappa shape index (κ1) is 11.5. The molecule has 16 heavy (non-hydrogen) atoms. The number of rotatable bonds is 2. The summed E-state index contributed by atoms with van der Waals surface area (Å²) in [6.45, 7) is 5.99. The zero-order chi connectivity index (χ0) is 11.4. The van der Waals surface area contributed by atoms with E-state index in [1.807, 2.05) is 19.2 Å². The maximum Gasteiger partial charge on any atom is 0.0869 e. The molecular weight excluding hydrogens is 202 g/mol. The molecule has 0 aliphatic carbocycles. The predicted molar refractivity (Wildman–Crippen MR) is 63.0 cm³/mol. The van der Waals surface area contributed by atoms with E-state index >= 15 is 0 Å². The fourth-order valence-electron chi connectivity index (χ4n) is 2.10. The van der Waals surface area contributed by atoms with E-state index in [2.05, 4.69) is 21.3 Å². The van der Waals surface area contributed by atoms with Crippen LogP contribution in [0.4, 0.5) is 0 Å². The topological polar surface area (TPSA) is 48.4 Å². The highest BCUT2D eigenvalue weighted by atomic mass is 16.3. The Morgan fingerprint density at radius 2 is 2.50 bits per heavy atom. The Labute approximate surface area is 96.3 Å². The summed E-state index contributed by atoms with van der Waals surface area (Å²) < 4.78 is 0. The molecule has 4 heteroatoms. The van der Waals surface area contributed by atoms with Gasteiger partial charge in [-0.25, -0.2) is 0 Å². The van der Waals surface area contributed by atoms with Crippen molar-refractivity contribution in [2.24, 2.45) is 0 Å². The van der Waals surface area contributed by atoms with Gasteiger partial charge in [0.15, 0.2) is 0 Å². The first-order chi connectivity index (χ1) is 7.66. The zero-order valence-electron chi connectivity index (χ0n) is 9.69. The van der Waals surface area contributed by atoms with Gasteiger partial charge in [-0.1, -0.05) is 6.07 Å². The van der Waals surface area contributed by atoms with Crippen LogP contribution < -0.4 is 5.32 Å². The number of pyridine rings is 1. The number of aromatic nitrogens is 1. The van der Waals surface area contributed by atoms with Gasteiger partial charge in [-0.05, 0) is 18.6 Å². The van der Waals surface area contributed by atoms with E-state index in [-0.39, 0.29) is 0 Å². The Balaban J connectivity index is 1.98. The van der Waals surface area contributed by atoms with Crippen LogP contribution >= 0.6 is 0 Å². The number of aliphatic hydroxyl groups is 1. The maximum absolute atomic E-state index is 10.1. The van der Waals surface area contributed by atoms with Crippen molar-refractivity contribution in [2.75, 3.05) is 26.2 Å². The van der Waals surface area contributed by atoms with Gasteiger partial charge in [0, 0.05) is 45.1 Å². The van der Waals surface area contributed by atoms with Gasteiger partial charge >= 0.3 is 0 Å². The van der Waals surface area contributed by atoms with Crippen LogP contribution in [0.15, 0.2) is 24.5 Å². The Morgan fingerprint density at radius 1 is 1.62 bits per heavy atom. The van der Waals surface area contributed by atoms with Gasteiger partial charge in [-0.3, -0.25) is 9.88 Å². The standard InChI is InChI=1S/C12H19N3O/c1-12(16)9-14-5-6-15(10-12)8-11-3-2-4-13-7-11/h2-4,7,14,16H,5-6,8-10H2,1H3. The third-order valence-corrected chi connectivity index (χ3v) is 2.80. The first-order valence-electron chi connectivity index (χ1n) is 5.70. The van der Waals surface area contributed by atoms with Crippen molar-refractivity contribution in [1.82, 2.24) is 15.2 Å². The van der Waals surface area contributed by atoms with Crippen molar-refractivity contribution in [3.05, 3.63) is 30.1 Å². The molecular formula is C12H19N3O. The molecule has 2 N–H and O–H groups in total. The van der Waals surface area contributed by atoms with Gasteiger partial charge in [0.05, 0.1) is 5.60 Å². The van der Waals surface area contributed by atoms with Crippen molar-refractivity contribution in [3.63, 3.8) is 0 Å². The van der Waals surface area contributed by atoms with Crippen LogP contribution in [0.25, 0.3) is 0 Å². The second-order valence-corrected chi connectivity index (χ2v) is 4.75. The molecule has 1 aromatic rings. The largest absolute Gasteiger partial charge is 0.388 e. The lowest BCUT2D eigenvalue weighted by Crippen LogP contribution is -2.43. The molecule has 1 aliphatic rings. The molecule has 2 heterocycles. The smallest absolute Gasteiger partial charge is 0.0869 e. The van der Waals surface area contributed by atoms with E-state index < -0.39 is 5.60 Å². The minimum Gasteiger partial charge on any atom is -0.388 e. The molecule has 0 spiro atoms. The predicted octanol–water partition coefficient (Wildman–Crippen LogP) is 0.238. The second kappa shape index (κ2) is 4.91. The van der Waals surface area contributed by atoms with E-state index in [1.165, 1.54) is 5.56 Å². The highest BCUT2D eigenvalue weighted by Gasteiger charge is 2.26. The Morgan fingerprint density at radius 3 is 3.25 bits per heavy atom. The van der Waals surface area contributed by atoms with Crippen molar-refractivity contribution < 1.29 is 5.11 Å². The fourth-order valence-corrected chi connectivity index (χ4v) is 2.10. The van der Waals surface area contributed by atoms with E-state index in [0.29, 0.717) is 13.1 Å². The summed E-state index contributed by atoms with van der Waals surface area (Å²) in [6, 6.07) is 4.02. The minimum atomic E-state index is -0.640. The van der Waals surface area contributed by atoms with Crippen molar-refractivity contribution in [1.29, 1.82) is 0 Å². The quantitative estimate of drug-likeness (QED) is 0.751. The van der Waals surface area contributed by atoms with Crippen LogP contribution in [-0.4, -0.2) is 46.8 Å². The molecule has 88 valence electrons. The molecule has 2 rings (SSSR count). The minimum absolute atomic E-state index is 0.640. The summed E-state index contributed by atoms with van der Waals surface area (Å²) in [4.78, 5) is 6.37. The zero-order valence-corrected chi connectivity index (χ0v) is 9.69. The van der Waals surface area contributed by atoms with Gasteiger partial charge in [0.1, 0.15) is 0 Å². The molecule has 1 atom stereocenters. The molecule has 1 aliphatic heterocycles. The summed E-state index contributed by atoms with van der Waals surface area (Å²) in [6.07, 6.45) is 3.66. The molecule has 4 nitrogen and oxygen atoms in total. The average Bonchev–Trinajstić information content (AvgIpc) is 2.40. The van der Waals surface area contributed by atoms with Crippen molar-refractivity contribution in [3.8, 4) is 0 Å². The molecule has 1 unspecified atom stereocenters. The molecule has 0 aromatic carbocycles. The highest BCUT2D eigenvalue weighted by molar-refractivity contribution is 5.08. The summed E-state index contributed by atoms with van der Waals surface area (Å²) >= 11 is 0. The maximum atomic E-state index is 10.1. The van der Waals surface area contributed by atoms with Gasteiger partial charge in [0.2, 0.25) is 0 Å². The van der Waals surface area contributed by atoms with Crippen molar-refractivity contribution in [2.45, 2.75) is 19.1 Å². The summed E-state index contributed by atoms with van der Waals surface area (Å²) in [7, 11) is 0. The summed E-state index contributed by atoms with van der Waals surface area (Å²) in [5.74, 6) is 0. The lowest BCUT2D eigenvalue weighted by atomic mass is 10.1. The first-order valence-corrected chi connectivity index (χ1v) is 5.70. The number of β-amino-alcohol motifs (C(OH)–C–C–N with tert-alkyl or cyclic N) is 1. The molecule has 1 fully saturated rings. The second-order valence-electron chi connectivity index (χ2n) is 4.75. The van der Waals surface area contributed by atoms with Gasteiger partial charge in [-0.15, -0.1) is 0 Å². The van der Waals surface area contributed by atoms with E-state index in [4.69, 9.17) is 0 Å². The Hall–Kier alpha value is -0.970. The van der Waals surface area contributed by atoms with Crippen LogP contribution in [-0.2, 0) is 6.54 Å². The fraction of sp³-hybridized carbons (Fsp3) is 0.583. The normalized spacial score (nSPS) is 27.6. The lowest BCUT2D eigenvalue weighted by molar-refractivity contribution is 0.0321. The molecule has 0 radical (unpaired) electrons. The number of hydrogen-bond acceptors (Lipinski definition) is 4. The molecule has 0 saturated carbocycles. The van der Waals surface area contributed by atoms with Crippen LogP contribution in [0.2, 0.25) is 0 Å². The number of nitrogens with zero attached hydrogens (tertiary/aromatic N) is 2. The molecule has 1 aromatic heterocycles. The third kappa shape index (κ3) is 3.27. The van der Waals surface area contributed by atoms with E-state index in [1.54, 1.807) is 6.20 Å². The van der Waals surface area contributed by atoms with E-state index in [0.717, 1.165) is 19.6 Å². The Bertz CT molecular complexity index is 326. The van der Waals surface area contributed by atoms with Gasteiger partial charge in [-0.2, -0.15) is 0 Å². The Kier molecular flexibility index (Phi) is 3.53. The molecule has 0 bridgehead atoms. The summed E-state index contributed by atoms with van der Waals surface area (Å²) in [5, 5.41) is 13.3. The number of nitrogens with one attached hydrogen (secondary N) is 1. The highest BCUT2D eigenvalue weighted by Crippen LogP contribution is 2.11. The van der Waals surface area contributed by atoms with Crippen LogP contribution in [0.5, 0.6) is 0 Å². The molecule has 0 amide bonds. The lowest BCUT2D eigenvalue weighted by Gasteiger charge is -2.27. The van der Waals surface area contributed by atoms with Crippen LogP contribution in [0, 0.1) is 0 Å². The van der Waals surface area contributed by atoms with Crippen LogP contribution in [0.1, 0.15) is 12.5 Å². The van der Waals surface area contributed by atoms with Gasteiger partial charge < -0.3 is 10.4 Å². The van der Waals surface area contributed by atoms with Crippen LogP contribution in [0.3, 0.4) is 0 Å². The SMILES string of the molecule is CC1(O)CNCCN(Cc2cccnc2)C1. The summed E-state index contributed by atoms with van der Waals surface area (Å²) in [5.41, 5.74) is 0.554. The van der Waals surface area contributed by atoms with E-state index in [9.17, 15) is 5.11 Å². The van der Waals surface area contributed by atoms with Crippen molar-refractivity contribution >= 4 is 0 Å². The van der Waals surface area contributed by atoms with Gasteiger partial charge in [0.25, 0.3) is 0 Å². The molecule has 1 saturated heterocycles. The third-order valence-electron chi connectivity index (χ3n) is 2.80. The average molecular weight is 221 g/mol. The number of hydrogen-bond donors (Lipinski definition) is 2.